The summed E-state index contributed by atoms with van der Waals surface area (Å²) in [6, 6.07) is 29.7. The molecule has 3 aromatic carbocycles. The van der Waals surface area contributed by atoms with Gasteiger partial charge >= 0.3 is 0 Å². The second-order valence-electron chi connectivity index (χ2n) is 7.95. The average Bonchev–Trinajstić information content (AvgIpc) is 3.22. The van der Waals surface area contributed by atoms with Crippen molar-refractivity contribution in [2.24, 2.45) is 0 Å². The molecule has 0 saturated heterocycles. The topological polar surface area (TPSA) is 42.7 Å². The van der Waals surface area contributed by atoms with E-state index in [-0.39, 0.29) is 0 Å². The molecule has 0 saturated carbocycles. The van der Waals surface area contributed by atoms with Crippen molar-refractivity contribution in [2.75, 3.05) is 0 Å². The molecule has 0 amide bonds. The Morgan fingerprint density at radius 1 is 0.839 bits per heavy atom. The van der Waals surface area contributed by atoms with Gasteiger partial charge < -0.3 is 5.32 Å². The van der Waals surface area contributed by atoms with E-state index in [4.69, 9.17) is 10.2 Å². The molecule has 0 unspecified atom stereocenters. The lowest BCUT2D eigenvalue weighted by Gasteiger charge is -2.18. The van der Waals surface area contributed by atoms with Crippen molar-refractivity contribution in [3.63, 3.8) is 0 Å². The van der Waals surface area contributed by atoms with Crippen molar-refractivity contribution in [3.05, 3.63) is 107 Å². The monoisotopic (exact) mass is 410 g/mol. The minimum absolute atomic E-state index is 0.302. The molecule has 0 bridgehead atoms. The second kappa shape index (κ2) is 10.2. The SMILES string of the molecule is CCC[C@@H](NCc1nn(Cc2ccccc2C)nc1-c1ccccc1)c1ccccc1. The van der Waals surface area contributed by atoms with E-state index >= 15 is 0 Å². The molecule has 158 valence electrons. The summed E-state index contributed by atoms with van der Waals surface area (Å²) in [7, 11) is 0. The Morgan fingerprint density at radius 3 is 2.23 bits per heavy atom. The van der Waals surface area contributed by atoms with Gasteiger partial charge in [0.15, 0.2) is 0 Å². The number of hydrogen-bond donors (Lipinski definition) is 1. The van der Waals surface area contributed by atoms with E-state index in [1.807, 2.05) is 10.9 Å². The van der Waals surface area contributed by atoms with Gasteiger partial charge in [0.05, 0.1) is 6.54 Å². The van der Waals surface area contributed by atoms with Crippen molar-refractivity contribution < 1.29 is 0 Å². The highest BCUT2D eigenvalue weighted by Crippen LogP contribution is 2.23. The van der Waals surface area contributed by atoms with Crippen LogP contribution in [0.25, 0.3) is 11.3 Å². The average molecular weight is 411 g/mol. The molecular formula is C27H30N4. The Bertz CT molecular complexity index is 1090. The summed E-state index contributed by atoms with van der Waals surface area (Å²) in [6.45, 7) is 5.71. The molecule has 4 nitrogen and oxygen atoms in total. The van der Waals surface area contributed by atoms with Gasteiger partial charge in [-0.3, -0.25) is 0 Å². The lowest BCUT2D eigenvalue weighted by Crippen LogP contribution is -2.21. The fourth-order valence-corrected chi connectivity index (χ4v) is 3.91. The first-order valence-corrected chi connectivity index (χ1v) is 11.1. The molecule has 1 atom stereocenters. The summed E-state index contributed by atoms with van der Waals surface area (Å²) in [4.78, 5) is 1.83. The van der Waals surface area contributed by atoms with Crippen LogP contribution in [0.5, 0.6) is 0 Å². The van der Waals surface area contributed by atoms with Gasteiger partial charge in [-0.15, -0.1) is 0 Å². The molecule has 1 aromatic heterocycles. The van der Waals surface area contributed by atoms with Crippen LogP contribution >= 0.6 is 0 Å². The van der Waals surface area contributed by atoms with Crippen molar-refractivity contribution in [2.45, 2.75) is 45.8 Å². The maximum atomic E-state index is 4.89. The zero-order valence-corrected chi connectivity index (χ0v) is 18.3. The van der Waals surface area contributed by atoms with Crippen LogP contribution in [0.2, 0.25) is 0 Å². The van der Waals surface area contributed by atoms with Gasteiger partial charge in [-0.1, -0.05) is 98.3 Å². The van der Waals surface area contributed by atoms with Crippen LogP contribution in [0.15, 0.2) is 84.9 Å². The Kier molecular flexibility index (Phi) is 6.90. The molecular weight excluding hydrogens is 380 g/mol. The third-order valence-corrected chi connectivity index (χ3v) is 5.64. The molecule has 0 aliphatic carbocycles. The standard InChI is InChI=1S/C27H30N4/c1-3-12-25(22-14-6-4-7-15-22)28-19-26-27(23-16-8-5-9-17-23)30-31(29-26)20-24-18-11-10-13-21(24)2/h4-11,13-18,25,28H,3,12,19-20H2,1-2H3/t25-/m1/s1. The van der Waals surface area contributed by atoms with Gasteiger partial charge in [-0.2, -0.15) is 15.0 Å². The highest BCUT2D eigenvalue weighted by molar-refractivity contribution is 5.60. The Labute approximate surface area is 185 Å². The van der Waals surface area contributed by atoms with Crippen LogP contribution in [0.3, 0.4) is 0 Å². The van der Waals surface area contributed by atoms with Crippen molar-refractivity contribution >= 4 is 0 Å². The number of nitrogens with zero attached hydrogens (tertiary/aromatic N) is 3. The zero-order valence-electron chi connectivity index (χ0n) is 18.3. The number of aryl methyl sites for hydroxylation is 1. The van der Waals surface area contributed by atoms with E-state index in [0.29, 0.717) is 19.1 Å². The fraction of sp³-hybridized carbons (Fsp3) is 0.259. The van der Waals surface area contributed by atoms with Crippen LogP contribution in [0.4, 0.5) is 0 Å². The molecule has 4 rings (SSSR count). The summed E-state index contributed by atoms with van der Waals surface area (Å²) in [5, 5.41) is 13.5. The normalized spacial score (nSPS) is 12.1. The molecule has 0 radical (unpaired) electrons. The summed E-state index contributed by atoms with van der Waals surface area (Å²) >= 11 is 0. The Morgan fingerprint density at radius 2 is 1.52 bits per heavy atom. The predicted molar refractivity (Wildman–Crippen MR) is 127 cm³/mol. The fourth-order valence-electron chi connectivity index (χ4n) is 3.91. The summed E-state index contributed by atoms with van der Waals surface area (Å²) < 4.78 is 0. The van der Waals surface area contributed by atoms with Crippen molar-refractivity contribution in [3.8, 4) is 11.3 Å². The first-order valence-electron chi connectivity index (χ1n) is 11.1. The minimum atomic E-state index is 0.302. The highest BCUT2D eigenvalue weighted by atomic mass is 15.5. The van der Waals surface area contributed by atoms with E-state index < -0.39 is 0 Å². The van der Waals surface area contributed by atoms with Crippen LogP contribution in [-0.4, -0.2) is 15.0 Å². The smallest absolute Gasteiger partial charge is 0.117 e. The van der Waals surface area contributed by atoms with Crippen LogP contribution in [0, 0.1) is 6.92 Å². The van der Waals surface area contributed by atoms with Gasteiger partial charge in [0.2, 0.25) is 0 Å². The van der Waals surface area contributed by atoms with Gasteiger partial charge in [-0.05, 0) is 30.0 Å². The van der Waals surface area contributed by atoms with Crippen LogP contribution in [-0.2, 0) is 13.1 Å². The lowest BCUT2D eigenvalue weighted by atomic mass is 10.0. The maximum Gasteiger partial charge on any atom is 0.117 e. The first-order chi connectivity index (χ1) is 15.2. The molecule has 0 aliphatic rings. The van der Waals surface area contributed by atoms with Gasteiger partial charge in [-0.25, -0.2) is 0 Å². The van der Waals surface area contributed by atoms with Crippen molar-refractivity contribution in [1.29, 1.82) is 0 Å². The molecule has 4 heteroatoms. The third kappa shape index (κ3) is 5.28. The summed E-state index contributed by atoms with van der Waals surface area (Å²) in [5.41, 5.74) is 6.85. The van der Waals surface area contributed by atoms with Crippen LogP contribution in [0.1, 0.15) is 48.2 Å². The molecule has 0 aliphatic heterocycles. The highest BCUT2D eigenvalue weighted by Gasteiger charge is 2.16. The molecule has 4 aromatic rings. The van der Waals surface area contributed by atoms with Gasteiger partial charge in [0, 0.05) is 18.2 Å². The first kappa shape index (κ1) is 21.0. The van der Waals surface area contributed by atoms with E-state index in [1.165, 1.54) is 16.7 Å². The summed E-state index contributed by atoms with van der Waals surface area (Å²) in [6.07, 6.45) is 2.21. The van der Waals surface area contributed by atoms with Gasteiger partial charge in [0.1, 0.15) is 11.4 Å². The second-order valence-corrected chi connectivity index (χ2v) is 7.95. The number of rotatable bonds is 9. The van der Waals surface area contributed by atoms with E-state index in [2.05, 4.69) is 98.0 Å². The Hall–Kier alpha value is -3.24. The Balaban J connectivity index is 1.60. The van der Waals surface area contributed by atoms with E-state index in [9.17, 15) is 0 Å². The number of aromatic nitrogens is 3. The predicted octanol–water partition coefficient (Wildman–Crippen LogP) is 5.93. The molecule has 31 heavy (non-hydrogen) atoms. The van der Waals surface area contributed by atoms with E-state index in [1.54, 1.807) is 0 Å². The third-order valence-electron chi connectivity index (χ3n) is 5.64. The minimum Gasteiger partial charge on any atom is -0.304 e. The maximum absolute atomic E-state index is 4.89. The van der Waals surface area contributed by atoms with Crippen molar-refractivity contribution in [1.82, 2.24) is 20.3 Å². The zero-order chi connectivity index (χ0) is 21.5. The summed E-state index contributed by atoms with van der Waals surface area (Å²) in [5.74, 6) is 0. The molecule has 1 N–H and O–H groups in total. The van der Waals surface area contributed by atoms with Gasteiger partial charge in [0.25, 0.3) is 0 Å². The molecule has 0 fully saturated rings. The van der Waals surface area contributed by atoms with Crippen LogP contribution < -0.4 is 5.32 Å². The largest absolute Gasteiger partial charge is 0.304 e. The number of benzene rings is 3. The van der Waals surface area contributed by atoms with E-state index in [0.717, 1.165) is 29.8 Å². The lowest BCUT2D eigenvalue weighted by molar-refractivity contribution is 0.485. The quantitative estimate of drug-likeness (QED) is 0.372. The number of nitrogens with one attached hydrogen (secondary N) is 1. The molecule has 1 heterocycles. The molecule has 0 spiro atoms. The number of hydrogen-bond acceptors (Lipinski definition) is 3.